The van der Waals surface area contributed by atoms with Gasteiger partial charge >= 0.3 is 0 Å². The molecule has 0 amide bonds. The molecule has 1 atom stereocenters. The summed E-state index contributed by atoms with van der Waals surface area (Å²) in [4.78, 5) is 3.01. The quantitative estimate of drug-likeness (QED) is 0.838. The summed E-state index contributed by atoms with van der Waals surface area (Å²) in [5.41, 5.74) is 0. The number of nitrogens with one attached hydrogen (secondary N) is 1. The molecule has 0 spiro atoms. The first-order chi connectivity index (χ1) is 10.4. The summed E-state index contributed by atoms with van der Waals surface area (Å²) in [5, 5.41) is 3.56. The zero-order valence-corrected chi connectivity index (χ0v) is 14.2. The van der Waals surface area contributed by atoms with Gasteiger partial charge in [0.2, 0.25) is 0 Å². The molecule has 1 unspecified atom stereocenters. The van der Waals surface area contributed by atoms with Crippen LogP contribution < -0.4 is 5.32 Å². The van der Waals surface area contributed by atoms with Crippen molar-refractivity contribution in [3.8, 4) is 0 Å². The van der Waals surface area contributed by atoms with Gasteiger partial charge in [0.15, 0.2) is 0 Å². The first-order valence-corrected chi connectivity index (χ1v) is 9.85. The first kappa shape index (κ1) is 15.8. The smallest absolute Gasteiger partial charge is 0.0127 e. The van der Waals surface area contributed by atoms with Crippen LogP contribution in [0, 0.1) is 11.8 Å². The largest absolute Gasteiger partial charge is 0.317 e. The van der Waals surface area contributed by atoms with Gasteiger partial charge in [0.05, 0.1) is 0 Å². The van der Waals surface area contributed by atoms with E-state index in [1.165, 1.54) is 90.3 Å². The van der Waals surface area contributed by atoms with E-state index in [0.29, 0.717) is 0 Å². The molecule has 21 heavy (non-hydrogen) atoms. The SMILES string of the molecule is CCC1CCC(N2CCCCCC2C2CCNCC2)CC1. The van der Waals surface area contributed by atoms with E-state index >= 15 is 0 Å². The summed E-state index contributed by atoms with van der Waals surface area (Å²) >= 11 is 0. The van der Waals surface area contributed by atoms with Crippen molar-refractivity contribution in [1.29, 1.82) is 0 Å². The van der Waals surface area contributed by atoms with Gasteiger partial charge in [0.1, 0.15) is 0 Å². The Balaban J connectivity index is 1.64. The molecule has 3 aliphatic rings. The molecule has 1 aliphatic carbocycles. The zero-order valence-electron chi connectivity index (χ0n) is 14.2. The highest BCUT2D eigenvalue weighted by atomic mass is 15.2. The second-order valence-electron chi connectivity index (χ2n) is 7.82. The second kappa shape index (κ2) is 7.97. The molecular weight excluding hydrogens is 256 g/mol. The molecule has 0 bridgehead atoms. The predicted molar refractivity (Wildman–Crippen MR) is 90.6 cm³/mol. The normalized spacial score (nSPS) is 37.3. The van der Waals surface area contributed by atoms with Crippen LogP contribution in [0.15, 0.2) is 0 Å². The maximum Gasteiger partial charge on any atom is 0.0127 e. The Bertz CT molecular complexity index is 290. The Hall–Kier alpha value is -0.0800. The van der Waals surface area contributed by atoms with E-state index < -0.39 is 0 Å². The van der Waals surface area contributed by atoms with Gasteiger partial charge in [-0.3, -0.25) is 4.90 Å². The number of hydrogen-bond acceptors (Lipinski definition) is 2. The zero-order chi connectivity index (χ0) is 14.5. The third-order valence-corrected chi connectivity index (χ3v) is 6.63. The summed E-state index contributed by atoms with van der Waals surface area (Å²) in [5.74, 6) is 2.01. The molecule has 0 aromatic rings. The fourth-order valence-corrected chi connectivity index (χ4v) is 5.23. The van der Waals surface area contributed by atoms with Crippen LogP contribution in [-0.2, 0) is 0 Å². The Morgan fingerprint density at radius 2 is 1.62 bits per heavy atom. The molecule has 1 N–H and O–H groups in total. The molecule has 1 saturated carbocycles. The predicted octanol–water partition coefficient (Wildman–Crippen LogP) is 4.20. The minimum absolute atomic E-state index is 0.915. The molecule has 2 heteroatoms. The van der Waals surface area contributed by atoms with E-state index in [1.807, 2.05) is 0 Å². The summed E-state index contributed by atoms with van der Waals surface area (Å²) in [6.07, 6.45) is 16.1. The Kier molecular flexibility index (Phi) is 5.99. The van der Waals surface area contributed by atoms with Crippen molar-refractivity contribution in [3.63, 3.8) is 0 Å². The fraction of sp³-hybridized carbons (Fsp3) is 1.00. The highest BCUT2D eigenvalue weighted by Crippen LogP contribution is 2.35. The Morgan fingerprint density at radius 3 is 2.33 bits per heavy atom. The molecule has 2 aliphatic heterocycles. The highest BCUT2D eigenvalue weighted by molar-refractivity contribution is 4.90. The maximum atomic E-state index is 3.56. The fourth-order valence-electron chi connectivity index (χ4n) is 5.23. The number of likely N-dealkylation sites (tertiary alicyclic amines) is 1. The topological polar surface area (TPSA) is 15.3 Å². The monoisotopic (exact) mass is 292 g/mol. The molecule has 2 nitrogen and oxygen atoms in total. The van der Waals surface area contributed by atoms with E-state index in [2.05, 4.69) is 17.1 Å². The van der Waals surface area contributed by atoms with Crippen molar-refractivity contribution < 1.29 is 0 Å². The molecule has 122 valence electrons. The molecule has 0 aromatic carbocycles. The van der Waals surface area contributed by atoms with E-state index in [-0.39, 0.29) is 0 Å². The van der Waals surface area contributed by atoms with Crippen molar-refractivity contribution in [2.75, 3.05) is 19.6 Å². The lowest BCUT2D eigenvalue weighted by atomic mass is 9.81. The summed E-state index contributed by atoms with van der Waals surface area (Å²) in [7, 11) is 0. The van der Waals surface area contributed by atoms with Crippen molar-refractivity contribution in [2.45, 2.75) is 89.6 Å². The maximum absolute atomic E-state index is 3.56. The molecule has 2 heterocycles. The summed E-state index contributed by atoms with van der Waals surface area (Å²) < 4.78 is 0. The number of hydrogen-bond donors (Lipinski definition) is 1. The lowest BCUT2D eigenvalue weighted by molar-refractivity contribution is 0.0520. The molecule has 0 radical (unpaired) electrons. The van der Waals surface area contributed by atoms with Crippen LogP contribution in [0.4, 0.5) is 0 Å². The average Bonchev–Trinajstić information content (AvgIpc) is 2.81. The number of rotatable bonds is 3. The Labute approximate surface area is 132 Å². The van der Waals surface area contributed by atoms with E-state index in [0.717, 1.165) is 23.9 Å². The van der Waals surface area contributed by atoms with E-state index in [9.17, 15) is 0 Å². The average molecular weight is 293 g/mol. The van der Waals surface area contributed by atoms with Crippen LogP contribution in [0.2, 0.25) is 0 Å². The van der Waals surface area contributed by atoms with E-state index in [4.69, 9.17) is 0 Å². The molecule has 2 saturated heterocycles. The molecule has 3 rings (SSSR count). The van der Waals surface area contributed by atoms with Crippen LogP contribution in [0.3, 0.4) is 0 Å². The van der Waals surface area contributed by atoms with Gasteiger partial charge in [0, 0.05) is 12.1 Å². The molecule has 0 aromatic heterocycles. The van der Waals surface area contributed by atoms with Crippen LogP contribution in [0.25, 0.3) is 0 Å². The minimum atomic E-state index is 0.915. The van der Waals surface area contributed by atoms with Gasteiger partial charge in [-0.2, -0.15) is 0 Å². The number of piperidine rings is 1. The van der Waals surface area contributed by atoms with Crippen LogP contribution in [0.5, 0.6) is 0 Å². The summed E-state index contributed by atoms with van der Waals surface area (Å²) in [6, 6.07) is 1.84. The van der Waals surface area contributed by atoms with E-state index in [1.54, 1.807) is 0 Å². The van der Waals surface area contributed by atoms with Gasteiger partial charge in [-0.15, -0.1) is 0 Å². The summed E-state index contributed by atoms with van der Waals surface area (Å²) in [6.45, 7) is 6.31. The molecule has 3 fully saturated rings. The lowest BCUT2D eigenvalue weighted by Gasteiger charge is -2.44. The highest BCUT2D eigenvalue weighted by Gasteiger charge is 2.35. The van der Waals surface area contributed by atoms with Gasteiger partial charge in [-0.1, -0.05) is 26.2 Å². The third-order valence-electron chi connectivity index (χ3n) is 6.63. The van der Waals surface area contributed by atoms with Crippen molar-refractivity contribution in [1.82, 2.24) is 10.2 Å². The van der Waals surface area contributed by atoms with Gasteiger partial charge in [0.25, 0.3) is 0 Å². The van der Waals surface area contributed by atoms with Crippen LogP contribution in [0.1, 0.15) is 77.6 Å². The van der Waals surface area contributed by atoms with Gasteiger partial charge in [-0.05, 0) is 82.8 Å². The van der Waals surface area contributed by atoms with Crippen molar-refractivity contribution in [2.24, 2.45) is 11.8 Å². The standard InChI is InChI=1S/C19H36N2/c1-2-16-7-9-18(10-8-16)21-15-5-3-4-6-19(21)17-11-13-20-14-12-17/h16-20H,2-15H2,1H3. The van der Waals surface area contributed by atoms with Crippen molar-refractivity contribution in [3.05, 3.63) is 0 Å². The van der Waals surface area contributed by atoms with Gasteiger partial charge in [-0.25, -0.2) is 0 Å². The second-order valence-corrected chi connectivity index (χ2v) is 7.82. The Morgan fingerprint density at radius 1 is 0.857 bits per heavy atom. The van der Waals surface area contributed by atoms with Crippen LogP contribution in [-0.4, -0.2) is 36.6 Å². The van der Waals surface area contributed by atoms with Gasteiger partial charge < -0.3 is 5.32 Å². The van der Waals surface area contributed by atoms with Crippen molar-refractivity contribution >= 4 is 0 Å². The third kappa shape index (κ3) is 4.01. The number of nitrogens with zero attached hydrogens (tertiary/aromatic N) is 1. The van der Waals surface area contributed by atoms with Crippen LogP contribution >= 0.6 is 0 Å². The first-order valence-electron chi connectivity index (χ1n) is 9.85. The molecular formula is C19H36N2. The lowest BCUT2D eigenvalue weighted by Crippen LogP contribution is -2.49. The minimum Gasteiger partial charge on any atom is -0.317 e.